The average molecular weight is 251 g/mol. The number of aliphatic carboxylic acids is 1. The maximum Gasteiger partial charge on any atom is 0.320 e. The van der Waals surface area contributed by atoms with E-state index < -0.39 is 12.0 Å². The van der Waals surface area contributed by atoms with Gasteiger partial charge in [0.1, 0.15) is 11.8 Å². The minimum Gasteiger partial charge on any atom is -0.496 e. The van der Waals surface area contributed by atoms with Crippen molar-refractivity contribution in [2.75, 3.05) is 7.11 Å². The van der Waals surface area contributed by atoms with Crippen LogP contribution in [0.3, 0.4) is 0 Å². The summed E-state index contributed by atoms with van der Waals surface area (Å²) in [5, 5.41) is 8.80. The molecule has 0 saturated heterocycles. The largest absolute Gasteiger partial charge is 0.496 e. The fraction of sp³-hybridized carbons (Fsp3) is 0.500. The van der Waals surface area contributed by atoms with Crippen molar-refractivity contribution in [2.45, 2.75) is 39.7 Å². The number of hydrogen-bond acceptors (Lipinski definition) is 3. The Hall–Kier alpha value is -1.55. The summed E-state index contributed by atoms with van der Waals surface area (Å²) in [5.74, 6) is -0.111. The lowest BCUT2D eigenvalue weighted by atomic mass is 9.94. The van der Waals surface area contributed by atoms with Crippen molar-refractivity contribution in [1.29, 1.82) is 0 Å². The quantitative estimate of drug-likeness (QED) is 0.839. The van der Waals surface area contributed by atoms with Crippen molar-refractivity contribution >= 4 is 5.97 Å². The van der Waals surface area contributed by atoms with Gasteiger partial charge in [0.05, 0.1) is 7.11 Å². The number of carboxylic acids is 1. The fourth-order valence-corrected chi connectivity index (χ4v) is 2.11. The summed E-state index contributed by atoms with van der Waals surface area (Å²) in [6.07, 6.45) is 1.03. The molecule has 0 radical (unpaired) electrons. The van der Waals surface area contributed by atoms with Gasteiger partial charge in [-0.3, -0.25) is 4.79 Å². The van der Waals surface area contributed by atoms with E-state index in [1.807, 2.05) is 20.8 Å². The standard InChI is InChI=1S/C14H21NO3/c1-8-7-9(2)11(13(18-4)10(8)3)5-6-12(15)14(16)17/h7,12H,5-6,15H2,1-4H3,(H,16,17). The molecule has 0 aliphatic carbocycles. The van der Waals surface area contributed by atoms with Crippen molar-refractivity contribution < 1.29 is 14.6 Å². The van der Waals surface area contributed by atoms with Gasteiger partial charge >= 0.3 is 5.97 Å². The van der Waals surface area contributed by atoms with E-state index in [0.717, 1.165) is 22.4 Å². The number of aryl methyl sites for hydroxylation is 2. The highest BCUT2D eigenvalue weighted by Gasteiger charge is 2.16. The SMILES string of the molecule is COc1c(C)c(C)cc(C)c1CCC(N)C(=O)O. The summed E-state index contributed by atoms with van der Waals surface area (Å²) >= 11 is 0. The second-order valence-corrected chi connectivity index (χ2v) is 4.63. The highest BCUT2D eigenvalue weighted by atomic mass is 16.5. The van der Waals surface area contributed by atoms with E-state index in [-0.39, 0.29) is 0 Å². The molecule has 0 spiro atoms. The van der Waals surface area contributed by atoms with Crippen LogP contribution in [0.1, 0.15) is 28.7 Å². The van der Waals surface area contributed by atoms with E-state index in [2.05, 4.69) is 6.07 Å². The van der Waals surface area contributed by atoms with Gasteiger partial charge in [-0.15, -0.1) is 0 Å². The first-order chi connectivity index (χ1) is 8.38. The molecule has 0 heterocycles. The first kappa shape index (κ1) is 14.5. The summed E-state index contributed by atoms with van der Waals surface area (Å²) < 4.78 is 5.44. The van der Waals surface area contributed by atoms with Gasteiger partial charge in [0.2, 0.25) is 0 Å². The topological polar surface area (TPSA) is 72.5 Å². The molecular formula is C14H21NO3. The molecule has 0 bridgehead atoms. The van der Waals surface area contributed by atoms with Crippen LogP contribution >= 0.6 is 0 Å². The van der Waals surface area contributed by atoms with E-state index in [1.165, 1.54) is 5.56 Å². The van der Waals surface area contributed by atoms with E-state index >= 15 is 0 Å². The number of carbonyl (C=O) groups is 1. The summed E-state index contributed by atoms with van der Waals surface area (Å²) in [7, 11) is 1.64. The molecule has 0 amide bonds. The Kier molecular flexibility index (Phi) is 4.73. The molecule has 0 fully saturated rings. The number of ether oxygens (including phenoxy) is 1. The molecule has 1 aromatic carbocycles. The number of benzene rings is 1. The minimum atomic E-state index is -0.963. The number of rotatable bonds is 5. The summed E-state index contributed by atoms with van der Waals surface area (Å²) in [6.45, 7) is 6.06. The highest BCUT2D eigenvalue weighted by molar-refractivity contribution is 5.73. The zero-order valence-corrected chi connectivity index (χ0v) is 11.4. The predicted molar refractivity (Wildman–Crippen MR) is 71.1 cm³/mol. The van der Waals surface area contributed by atoms with E-state index in [1.54, 1.807) is 7.11 Å². The summed E-state index contributed by atoms with van der Waals surface area (Å²) in [5.41, 5.74) is 9.98. The molecule has 4 nitrogen and oxygen atoms in total. The lowest BCUT2D eigenvalue weighted by Crippen LogP contribution is -2.30. The Labute approximate surface area is 108 Å². The van der Waals surface area contributed by atoms with Crippen molar-refractivity contribution in [1.82, 2.24) is 0 Å². The van der Waals surface area contributed by atoms with Crippen LogP contribution in [0.4, 0.5) is 0 Å². The van der Waals surface area contributed by atoms with Gasteiger partial charge in [-0.25, -0.2) is 0 Å². The Balaban J connectivity index is 3.01. The zero-order valence-electron chi connectivity index (χ0n) is 11.4. The molecule has 0 aliphatic heterocycles. The Morgan fingerprint density at radius 2 is 2.00 bits per heavy atom. The first-order valence-electron chi connectivity index (χ1n) is 6.00. The maximum atomic E-state index is 10.7. The van der Waals surface area contributed by atoms with E-state index in [9.17, 15) is 4.79 Å². The van der Waals surface area contributed by atoms with Crippen molar-refractivity contribution in [3.05, 3.63) is 28.3 Å². The minimum absolute atomic E-state index is 0.412. The molecule has 0 saturated carbocycles. The molecule has 18 heavy (non-hydrogen) atoms. The molecule has 1 rings (SSSR count). The zero-order chi connectivity index (χ0) is 13.9. The Bertz CT molecular complexity index is 455. The van der Waals surface area contributed by atoms with Gasteiger partial charge in [-0.1, -0.05) is 6.07 Å². The smallest absolute Gasteiger partial charge is 0.320 e. The molecule has 4 heteroatoms. The van der Waals surface area contributed by atoms with Gasteiger partial charge in [0.15, 0.2) is 0 Å². The lowest BCUT2D eigenvalue weighted by molar-refractivity contribution is -0.138. The third-order valence-corrected chi connectivity index (χ3v) is 3.34. The number of hydrogen-bond donors (Lipinski definition) is 2. The van der Waals surface area contributed by atoms with Crippen LogP contribution in [0.25, 0.3) is 0 Å². The fourth-order valence-electron chi connectivity index (χ4n) is 2.11. The normalized spacial score (nSPS) is 12.3. The highest BCUT2D eigenvalue weighted by Crippen LogP contribution is 2.30. The third kappa shape index (κ3) is 3.01. The van der Waals surface area contributed by atoms with Crippen molar-refractivity contribution in [2.24, 2.45) is 5.73 Å². The maximum absolute atomic E-state index is 10.7. The average Bonchev–Trinajstić information content (AvgIpc) is 2.31. The number of nitrogens with two attached hydrogens (primary N) is 1. The van der Waals surface area contributed by atoms with Gasteiger partial charge < -0.3 is 15.6 Å². The molecule has 3 N–H and O–H groups in total. The van der Waals surface area contributed by atoms with Gasteiger partial charge in [0, 0.05) is 0 Å². The van der Waals surface area contributed by atoms with Crippen LogP contribution in [0.2, 0.25) is 0 Å². The molecule has 1 unspecified atom stereocenters. The van der Waals surface area contributed by atoms with Crippen LogP contribution < -0.4 is 10.5 Å². The van der Waals surface area contributed by atoms with Crippen molar-refractivity contribution in [3.63, 3.8) is 0 Å². The lowest BCUT2D eigenvalue weighted by Gasteiger charge is -2.17. The summed E-state index contributed by atoms with van der Waals surface area (Å²) in [6, 6.07) is 1.27. The molecule has 0 aliphatic rings. The van der Waals surface area contributed by atoms with Crippen LogP contribution in [0, 0.1) is 20.8 Å². The van der Waals surface area contributed by atoms with Gasteiger partial charge in [0.25, 0.3) is 0 Å². The molecule has 1 aromatic rings. The van der Waals surface area contributed by atoms with E-state index in [0.29, 0.717) is 12.8 Å². The predicted octanol–water partition coefficient (Wildman–Crippen LogP) is 1.96. The van der Waals surface area contributed by atoms with Gasteiger partial charge in [-0.05, 0) is 55.9 Å². The van der Waals surface area contributed by atoms with E-state index in [4.69, 9.17) is 15.6 Å². The molecule has 100 valence electrons. The van der Waals surface area contributed by atoms with Crippen LogP contribution in [0.15, 0.2) is 6.07 Å². The number of methoxy groups -OCH3 is 1. The molecule has 1 atom stereocenters. The molecular weight excluding hydrogens is 230 g/mol. The number of carboxylic acid groups (broad SMARTS) is 1. The second-order valence-electron chi connectivity index (χ2n) is 4.63. The van der Waals surface area contributed by atoms with Crippen LogP contribution in [-0.4, -0.2) is 24.2 Å². The monoisotopic (exact) mass is 251 g/mol. The summed E-state index contributed by atoms with van der Waals surface area (Å²) in [4.78, 5) is 10.7. The Morgan fingerprint density at radius 3 is 2.50 bits per heavy atom. The van der Waals surface area contributed by atoms with Gasteiger partial charge in [-0.2, -0.15) is 0 Å². The second kappa shape index (κ2) is 5.87. The van der Waals surface area contributed by atoms with Crippen LogP contribution in [-0.2, 0) is 11.2 Å². The van der Waals surface area contributed by atoms with Crippen molar-refractivity contribution in [3.8, 4) is 5.75 Å². The van der Waals surface area contributed by atoms with Crippen LogP contribution in [0.5, 0.6) is 5.75 Å². The Morgan fingerprint density at radius 1 is 1.39 bits per heavy atom. The molecule has 0 aromatic heterocycles. The third-order valence-electron chi connectivity index (χ3n) is 3.34. The first-order valence-corrected chi connectivity index (χ1v) is 6.00.